The molecule has 1 aromatic heterocycles. The second-order valence-corrected chi connectivity index (χ2v) is 5.41. The normalized spacial score (nSPS) is 11.4. The quantitative estimate of drug-likeness (QED) is 0.569. The van der Waals surface area contributed by atoms with Crippen molar-refractivity contribution in [2.75, 3.05) is 5.43 Å². The monoisotopic (exact) mass is 258 g/mol. The number of nitrogens with zero attached hydrogens (tertiary/aromatic N) is 2. The molecular weight excluding hydrogens is 240 g/mol. The highest BCUT2D eigenvalue weighted by Gasteiger charge is 2.18. The second-order valence-electron chi connectivity index (χ2n) is 5.41. The minimum atomic E-state index is -0.111. The van der Waals surface area contributed by atoms with Crippen molar-refractivity contribution in [2.45, 2.75) is 26.2 Å². The zero-order valence-electron chi connectivity index (χ0n) is 11.3. The molecule has 5 heteroatoms. The van der Waals surface area contributed by atoms with Gasteiger partial charge >= 0.3 is 0 Å². The lowest BCUT2D eigenvalue weighted by molar-refractivity contribution is 0.475. The van der Waals surface area contributed by atoms with Crippen LogP contribution in [0.5, 0.6) is 5.75 Å². The lowest BCUT2D eigenvalue weighted by Gasteiger charge is -2.19. The number of hydrogen-bond acceptors (Lipinski definition) is 5. The van der Waals surface area contributed by atoms with E-state index in [1.54, 1.807) is 18.2 Å². The highest BCUT2D eigenvalue weighted by molar-refractivity contribution is 5.59. The van der Waals surface area contributed by atoms with Crippen LogP contribution in [-0.4, -0.2) is 15.1 Å². The van der Waals surface area contributed by atoms with Gasteiger partial charge < -0.3 is 10.5 Å². The lowest BCUT2D eigenvalue weighted by atomic mass is 9.92. The van der Waals surface area contributed by atoms with Crippen molar-refractivity contribution in [3.63, 3.8) is 0 Å². The fraction of sp³-hybridized carbons (Fsp3) is 0.286. The molecular formula is C14H18N4O. The molecule has 4 N–H and O–H groups in total. The minimum absolute atomic E-state index is 0.111. The van der Waals surface area contributed by atoms with Crippen LogP contribution < -0.4 is 11.3 Å². The molecule has 1 heterocycles. The number of nitrogen functional groups attached to an aromatic ring is 1. The molecule has 0 radical (unpaired) electrons. The molecule has 0 bridgehead atoms. The molecule has 2 rings (SSSR count). The molecule has 19 heavy (non-hydrogen) atoms. The van der Waals surface area contributed by atoms with Crippen molar-refractivity contribution in [1.29, 1.82) is 0 Å². The summed E-state index contributed by atoms with van der Waals surface area (Å²) in [5, 5.41) is 9.53. The molecule has 0 spiro atoms. The van der Waals surface area contributed by atoms with Crippen LogP contribution in [0.25, 0.3) is 11.4 Å². The number of hydrazine groups is 1. The van der Waals surface area contributed by atoms with Crippen LogP contribution in [0.2, 0.25) is 0 Å². The van der Waals surface area contributed by atoms with Gasteiger partial charge in [-0.25, -0.2) is 15.8 Å². The number of benzene rings is 1. The van der Waals surface area contributed by atoms with Crippen LogP contribution in [0.1, 0.15) is 26.5 Å². The van der Waals surface area contributed by atoms with Gasteiger partial charge in [-0.3, -0.25) is 0 Å². The Morgan fingerprint density at radius 3 is 2.47 bits per heavy atom. The standard InChI is InChI=1S/C14H18N4O/c1-14(2,3)11-8-12(18-15)17-13(16-11)9-5-4-6-10(19)7-9/h4-8,19H,15H2,1-3H3,(H,16,17,18). The molecule has 0 aliphatic heterocycles. The summed E-state index contributed by atoms with van der Waals surface area (Å²) in [6.45, 7) is 6.21. The van der Waals surface area contributed by atoms with Crippen molar-refractivity contribution in [3.05, 3.63) is 36.0 Å². The number of phenolic OH excluding ortho intramolecular Hbond substituents is 1. The van der Waals surface area contributed by atoms with Crippen LogP contribution in [0.3, 0.4) is 0 Å². The van der Waals surface area contributed by atoms with E-state index >= 15 is 0 Å². The third-order valence-electron chi connectivity index (χ3n) is 2.75. The zero-order valence-corrected chi connectivity index (χ0v) is 11.3. The van der Waals surface area contributed by atoms with Gasteiger partial charge in [0.2, 0.25) is 0 Å². The summed E-state index contributed by atoms with van der Waals surface area (Å²) in [5.41, 5.74) is 4.08. The van der Waals surface area contributed by atoms with Gasteiger partial charge in [0.05, 0.1) is 5.69 Å². The van der Waals surface area contributed by atoms with E-state index in [1.165, 1.54) is 0 Å². The molecule has 1 aromatic carbocycles. The number of aromatic hydroxyl groups is 1. The number of nitrogens with two attached hydrogens (primary N) is 1. The van der Waals surface area contributed by atoms with Crippen LogP contribution in [-0.2, 0) is 5.41 Å². The fourth-order valence-corrected chi connectivity index (χ4v) is 1.68. The first-order chi connectivity index (χ1) is 8.90. The first kappa shape index (κ1) is 13.3. The predicted molar refractivity (Wildman–Crippen MR) is 75.6 cm³/mol. The van der Waals surface area contributed by atoms with E-state index in [2.05, 4.69) is 36.2 Å². The Balaban J connectivity index is 2.57. The first-order valence-electron chi connectivity index (χ1n) is 6.06. The molecule has 0 unspecified atom stereocenters. The van der Waals surface area contributed by atoms with Gasteiger partial charge in [-0.15, -0.1) is 0 Å². The summed E-state index contributed by atoms with van der Waals surface area (Å²) in [7, 11) is 0. The summed E-state index contributed by atoms with van der Waals surface area (Å²) in [6.07, 6.45) is 0. The van der Waals surface area contributed by atoms with E-state index in [0.29, 0.717) is 11.6 Å². The summed E-state index contributed by atoms with van der Waals surface area (Å²) in [6, 6.07) is 8.67. The Morgan fingerprint density at radius 1 is 1.16 bits per heavy atom. The van der Waals surface area contributed by atoms with E-state index in [4.69, 9.17) is 5.84 Å². The number of nitrogens with one attached hydrogen (secondary N) is 1. The molecule has 0 amide bonds. The van der Waals surface area contributed by atoms with Crippen LogP contribution in [0.4, 0.5) is 5.82 Å². The SMILES string of the molecule is CC(C)(C)c1cc(NN)nc(-c2cccc(O)c2)n1. The van der Waals surface area contributed by atoms with Gasteiger partial charge in [-0.05, 0) is 12.1 Å². The minimum Gasteiger partial charge on any atom is -0.508 e. The second kappa shape index (κ2) is 4.85. The van der Waals surface area contributed by atoms with Gasteiger partial charge in [-0.2, -0.15) is 0 Å². The van der Waals surface area contributed by atoms with Crippen molar-refractivity contribution in [1.82, 2.24) is 9.97 Å². The fourth-order valence-electron chi connectivity index (χ4n) is 1.68. The van der Waals surface area contributed by atoms with E-state index in [-0.39, 0.29) is 11.2 Å². The average molecular weight is 258 g/mol. The molecule has 0 atom stereocenters. The maximum atomic E-state index is 9.53. The highest BCUT2D eigenvalue weighted by atomic mass is 16.3. The van der Waals surface area contributed by atoms with E-state index in [9.17, 15) is 5.11 Å². The Hall–Kier alpha value is -2.14. The molecule has 0 aliphatic rings. The Labute approximate surface area is 112 Å². The van der Waals surface area contributed by atoms with E-state index < -0.39 is 0 Å². The maximum absolute atomic E-state index is 9.53. The average Bonchev–Trinajstić information content (AvgIpc) is 2.37. The van der Waals surface area contributed by atoms with Crippen LogP contribution >= 0.6 is 0 Å². The first-order valence-corrected chi connectivity index (χ1v) is 6.06. The molecule has 0 saturated heterocycles. The third kappa shape index (κ3) is 3.00. The molecule has 0 aliphatic carbocycles. The zero-order chi connectivity index (χ0) is 14.0. The molecule has 0 fully saturated rings. The molecule has 0 saturated carbocycles. The Bertz CT molecular complexity index is 590. The molecule has 5 nitrogen and oxygen atoms in total. The van der Waals surface area contributed by atoms with E-state index in [0.717, 1.165) is 11.3 Å². The van der Waals surface area contributed by atoms with Gasteiger partial charge in [0.1, 0.15) is 11.6 Å². The van der Waals surface area contributed by atoms with Crippen LogP contribution in [0, 0.1) is 0 Å². The number of rotatable bonds is 2. The van der Waals surface area contributed by atoms with Crippen molar-refractivity contribution in [3.8, 4) is 17.1 Å². The lowest BCUT2D eigenvalue weighted by Crippen LogP contribution is -2.17. The maximum Gasteiger partial charge on any atom is 0.161 e. The van der Waals surface area contributed by atoms with Gasteiger partial charge in [0.15, 0.2) is 5.82 Å². The van der Waals surface area contributed by atoms with E-state index in [1.807, 2.05) is 12.1 Å². The van der Waals surface area contributed by atoms with Gasteiger partial charge in [0, 0.05) is 17.0 Å². The number of aromatic nitrogens is 2. The number of phenols is 1. The molecule has 100 valence electrons. The number of hydrogen-bond donors (Lipinski definition) is 3. The van der Waals surface area contributed by atoms with Crippen molar-refractivity contribution < 1.29 is 5.11 Å². The van der Waals surface area contributed by atoms with Crippen molar-refractivity contribution >= 4 is 5.82 Å². The van der Waals surface area contributed by atoms with Crippen LogP contribution in [0.15, 0.2) is 30.3 Å². The largest absolute Gasteiger partial charge is 0.508 e. The predicted octanol–water partition coefficient (Wildman–Crippen LogP) is 2.43. The van der Waals surface area contributed by atoms with Crippen molar-refractivity contribution in [2.24, 2.45) is 5.84 Å². The summed E-state index contributed by atoms with van der Waals surface area (Å²) in [5.74, 6) is 6.73. The highest BCUT2D eigenvalue weighted by Crippen LogP contribution is 2.26. The smallest absolute Gasteiger partial charge is 0.161 e. The third-order valence-corrected chi connectivity index (χ3v) is 2.75. The Kier molecular flexibility index (Phi) is 3.40. The van der Waals surface area contributed by atoms with Gasteiger partial charge in [-0.1, -0.05) is 32.9 Å². The Morgan fingerprint density at radius 2 is 1.89 bits per heavy atom. The molecule has 2 aromatic rings. The summed E-state index contributed by atoms with van der Waals surface area (Å²) in [4.78, 5) is 8.86. The summed E-state index contributed by atoms with van der Waals surface area (Å²) < 4.78 is 0. The van der Waals surface area contributed by atoms with Gasteiger partial charge in [0.25, 0.3) is 0 Å². The summed E-state index contributed by atoms with van der Waals surface area (Å²) >= 11 is 0. The number of anilines is 1. The topological polar surface area (TPSA) is 84.1 Å².